The third-order valence-corrected chi connectivity index (χ3v) is 7.21. The van der Waals surface area contributed by atoms with Crippen molar-refractivity contribution in [2.45, 2.75) is 123 Å². The quantitative estimate of drug-likeness (QED) is 0.139. The minimum Gasteiger partial charge on any atom is -0.508 e. The summed E-state index contributed by atoms with van der Waals surface area (Å²) in [6.07, 6.45) is 25.0. The number of phenols is 1. The molecule has 0 aliphatic rings. The minimum absolute atomic E-state index is 0.142. The molecule has 0 spiro atoms. The molecule has 2 rings (SSSR count). The number of anilines is 1. The summed E-state index contributed by atoms with van der Waals surface area (Å²) in [5, 5.41) is 12.3. The maximum Gasteiger partial charge on any atom is 0.248 e. The van der Waals surface area contributed by atoms with E-state index >= 15 is 0 Å². The van der Waals surface area contributed by atoms with Crippen molar-refractivity contribution >= 4 is 17.2 Å². The Kier molecular flexibility index (Phi) is 16.2. The third kappa shape index (κ3) is 14.7. The van der Waals surface area contributed by atoms with Gasteiger partial charge in [0.1, 0.15) is 5.75 Å². The molecule has 2 N–H and O–H groups in total. The largest absolute Gasteiger partial charge is 0.508 e. The van der Waals surface area contributed by atoms with Gasteiger partial charge in [-0.1, -0.05) is 128 Å². The second kappa shape index (κ2) is 19.5. The molecule has 0 aliphatic carbocycles. The van der Waals surface area contributed by atoms with Gasteiger partial charge in [0.2, 0.25) is 5.91 Å². The summed E-state index contributed by atoms with van der Waals surface area (Å²) in [5.41, 5.74) is 3.93. The first-order valence-electron chi connectivity index (χ1n) is 15.0. The summed E-state index contributed by atoms with van der Waals surface area (Å²) >= 11 is 0. The van der Waals surface area contributed by atoms with Crippen LogP contribution in [-0.2, 0) is 11.2 Å². The van der Waals surface area contributed by atoms with Crippen molar-refractivity contribution in [3.8, 4) is 5.75 Å². The van der Waals surface area contributed by atoms with Crippen LogP contribution in [0.5, 0.6) is 5.75 Å². The molecule has 204 valence electrons. The molecule has 2 aromatic carbocycles. The van der Waals surface area contributed by atoms with E-state index in [1.165, 1.54) is 108 Å². The second-order valence-electron chi connectivity index (χ2n) is 10.6. The van der Waals surface area contributed by atoms with Crippen molar-refractivity contribution in [2.24, 2.45) is 0 Å². The number of carbonyl (C=O) groups excluding carboxylic acids is 1. The Morgan fingerprint density at radius 3 is 1.62 bits per heavy atom. The highest BCUT2D eigenvalue weighted by atomic mass is 16.3. The van der Waals surface area contributed by atoms with E-state index in [9.17, 15) is 9.90 Å². The highest BCUT2D eigenvalue weighted by molar-refractivity contribution is 6.03. The molecular formula is C34H51NO2. The molecule has 0 bridgehead atoms. The summed E-state index contributed by atoms with van der Waals surface area (Å²) in [5.74, 6) is 0.0804. The number of hydrogen-bond donors (Lipinski definition) is 2. The van der Waals surface area contributed by atoms with E-state index in [2.05, 4.69) is 24.4 Å². The van der Waals surface area contributed by atoms with Gasteiger partial charge in [-0.25, -0.2) is 0 Å². The maximum atomic E-state index is 12.3. The van der Waals surface area contributed by atoms with Crippen LogP contribution in [0.15, 0.2) is 54.6 Å². The Bertz CT molecular complexity index is 883. The van der Waals surface area contributed by atoms with Gasteiger partial charge < -0.3 is 10.4 Å². The molecule has 0 heterocycles. The molecule has 1 amide bonds. The van der Waals surface area contributed by atoms with Gasteiger partial charge in [0, 0.05) is 11.8 Å². The van der Waals surface area contributed by atoms with Crippen LogP contribution in [0.4, 0.5) is 5.69 Å². The van der Waals surface area contributed by atoms with Crippen LogP contribution in [0.1, 0.15) is 128 Å². The number of carbonyl (C=O) groups is 1. The number of nitrogens with one attached hydrogen (secondary N) is 1. The zero-order valence-electron chi connectivity index (χ0n) is 23.6. The number of aryl methyl sites for hydroxylation is 1. The van der Waals surface area contributed by atoms with E-state index in [-0.39, 0.29) is 11.7 Å². The monoisotopic (exact) mass is 505 g/mol. The first-order chi connectivity index (χ1) is 18.1. The van der Waals surface area contributed by atoms with Crippen molar-refractivity contribution in [3.63, 3.8) is 0 Å². The highest BCUT2D eigenvalue weighted by Crippen LogP contribution is 2.19. The van der Waals surface area contributed by atoms with Crippen LogP contribution in [0.2, 0.25) is 0 Å². The molecule has 3 nitrogen and oxygen atoms in total. The lowest BCUT2D eigenvalue weighted by molar-refractivity contribution is -0.111. The van der Waals surface area contributed by atoms with Crippen LogP contribution < -0.4 is 5.32 Å². The third-order valence-electron chi connectivity index (χ3n) is 7.21. The van der Waals surface area contributed by atoms with Crippen LogP contribution in [0, 0.1) is 0 Å². The fraction of sp³-hybridized carbons (Fsp3) is 0.559. The van der Waals surface area contributed by atoms with E-state index in [4.69, 9.17) is 0 Å². The fourth-order valence-electron chi connectivity index (χ4n) is 4.81. The second-order valence-corrected chi connectivity index (χ2v) is 10.6. The molecule has 0 unspecified atom stereocenters. The molecule has 3 heteroatoms. The molecule has 0 aliphatic heterocycles. The molecular weight excluding hydrogens is 454 g/mol. The number of allylic oxidation sites excluding steroid dienone is 1. The molecule has 0 saturated heterocycles. The lowest BCUT2D eigenvalue weighted by atomic mass is 10.0. The summed E-state index contributed by atoms with van der Waals surface area (Å²) in [7, 11) is 0. The van der Waals surface area contributed by atoms with E-state index in [0.29, 0.717) is 0 Å². The van der Waals surface area contributed by atoms with Gasteiger partial charge in [-0.2, -0.15) is 0 Å². The number of rotatable bonds is 20. The predicted octanol–water partition coefficient (Wildman–Crippen LogP) is 10.2. The lowest BCUT2D eigenvalue weighted by Crippen LogP contribution is -2.08. The lowest BCUT2D eigenvalue weighted by Gasteiger charge is -2.07. The van der Waals surface area contributed by atoms with Gasteiger partial charge >= 0.3 is 0 Å². The van der Waals surface area contributed by atoms with Gasteiger partial charge in [0.05, 0.1) is 0 Å². The molecule has 0 fully saturated rings. The molecule has 2 aromatic rings. The summed E-state index contributed by atoms with van der Waals surface area (Å²) in [6, 6.07) is 15.1. The number of phenolic OH excluding ortho intramolecular Hbond substituents is 1. The molecule has 0 atom stereocenters. The van der Waals surface area contributed by atoms with Crippen LogP contribution >= 0.6 is 0 Å². The Labute approximate surface area is 226 Å². The normalized spacial score (nSPS) is 11.6. The number of unbranched alkanes of at least 4 members (excludes halogenated alkanes) is 15. The Morgan fingerprint density at radius 2 is 1.14 bits per heavy atom. The molecule has 0 saturated carbocycles. The molecule has 37 heavy (non-hydrogen) atoms. The fourth-order valence-corrected chi connectivity index (χ4v) is 4.81. The van der Waals surface area contributed by atoms with E-state index in [0.717, 1.165) is 23.2 Å². The van der Waals surface area contributed by atoms with Gasteiger partial charge in [-0.15, -0.1) is 0 Å². The minimum atomic E-state index is -0.142. The Morgan fingerprint density at radius 1 is 0.676 bits per heavy atom. The average Bonchev–Trinajstić information content (AvgIpc) is 2.89. The van der Waals surface area contributed by atoms with Crippen molar-refractivity contribution in [2.75, 3.05) is 5.32 Å². The standard InChI is InChI=1S/C34H51NO2/c1-3-4-5-6-7-8-9-10-11-12-13-14-15-16-17-18-19-30-20-24-32(25-21-30)35-34(37)28-29(2)31-22-26-33(36)27-23-31/h20-28,36H,3-19H2,1-2H3,(H,35,37). The number of hydrogen-bond acceptors (Lipinski definition) is 2. The number of amides is 1. The van der Waals surface area contributed by atoms with Crippen molar-refractivity contribution in [1.29, 1.82) is 0 Å². The van der Waals surface area contributed by atoms with Gasteiger partial charge in [-0.3, -0.25) is 4.79 Å². The number of benzene rings is 2. The van der Waals surface area contributed by atoms with E-state index in [1.54, 1.807) is 18.2 Å². The Balaban J connectivity index is 1.47. The number of aromatic hydroxyl groups is 1. The first kappa shape index (κ1) is 30.7. The van der Waals surface area contributed by atoms with Crippen molar-refractivity contribution in [3.05, 3.63) is 65.7 Å². The highest BCUT2D eigenvalue weighted by Gasteiger charge is 2.03. The summed E-state index contributed by atoms with van der Waals surface area (Å²) < 4.78 is 0. The molecule has 0 aromatic heterocycles. The van der Waals surface area contributed by atoms with E-state index in [1.807, 2.05) is 31.2 Å². The van der Waals surface area contributed by atoms with Crippen molar-refractivity contribution < 1.29 is 9.90 Å². The van der Waals surface area contributed by atoms with Gasteiger partial charge in [0.15, 0.2) is 0 Å². The Hall–Kier alpha value is -2.55. The summed E-state index contributed by atoms with van der Waals surface area (Å²) in [6.45, 7) is 4.18. The first-order valence-corrected chi connectivity index (χ1v) is 15.0. The van der Waals surface area contributed by atoms with E-state index < -0.39 is 0 Å². The van der Waals surface area contributed by atoms with Crippen LogP contribution in [0.25, 0.3) is 5.57 Å². The molecule has 0 radical (unpaired) electrons. The predicted molar refractivity (Wildman–Crippen MR) is 160 cm³/mol. The van der Waals surface area contributed by atoms with Crippen LogP contribution in [0.3, 0.4) is 0 Å². The van der Waals surface area contributed by atoms with Gasteiger partial charge in [0.25, 0.3) is 0 Å². The average molecular weight is 506 g/mol. The zero-order chi connectivity index (χ0) is 26.6. The zero-order valence-corrected chi connectivity index (χ0v) is 23.6. The van der Waals surface area contributed by atoms with Crippen LogP contribution in [-0.4, -0.2) is 11.0 Å². The van der Waals surface area contributed by atoms with Gasteiger partial charge in [-0.05, 0) is 60.7 Å². The van der Waals surface area contributed by atoms with Crippen molar-refractivity contribution in [1.82, 2.24) is 0 Å². The topological polar surface area (TPSA) is 49.3 Å². The smallest absolute Gasteiger partial charge is 0.248 e. The summed E-state index contributed by atoms with van der Waals surface area (Å²) in [4.78, 5) is 12.3. The maximum absolute atomic E-state index is 12.3. The SMILES string of the molecule is CCCCCCCCCCCCCCCCCCc1ccc(NC(=O)C=C(C)c2ccc(O)cc2)cc1.